The first-order valence-corrected chi connectivity index (χ1v) is 11.6. The lowest BCUT2D eigenvalue weighted by atomic mass is 9.83. The molecule has 0 aliphatic carbocycles. The molecule has 0 bridgehead atoms. The molecule has 158 valence electrons. The van der Waals surface area contributed by atoms with Crippen LogP contribution in [0.15, 0.2) is 53.0 Å². The maximum atomic E-state index is 12.6. The number of piperidine rings is 2. The van der Waals surface area contributed by atoms with Gasteiger partial charge in [0.05, 0.1) is 0 Å². The van der Waals surface area contributed by atoms with E-state index < -0.39 is 0 Å². The van der Waals surface area contributed by atoms with Gasteiger partial charge in [0.1, 0.15) is 0 Å². The Balaban J connectivity index is 1.31. The van der Waals surface area contributed by atoms with Crippen LogP contribution in [0.3, 0.4) is 0 Å². The van der Waals surface area contributed by atoms with Crippen molar-refractivity contribution >= 4 is 33.4 Å². The summed E-state index contributed by atoms with van der Waals surface area (Å²) in [6.07, 6.45) is 6.29. The topological polar surface area (TPSA) is 61.4 Å². The number of halogens is 1. The zero-order chi connectivity index (χ0) is 20.9. The predicted molar refractivity (Wildman–Crippen MR) is 123 cm³/mol. The highest BCUT2D eigenvalue weighted by molar-refractivity contribution is 9.10. The molecule has 0 radical (unpaired) electrons. The van der Waals surface area contributed by atoms with Crippen molar-refractivity contribution < 1.29 is 9.59 Å². The van der Waals surface area contributed by atoms with Crippen LogP contribution in [-0.2, 0) is 0 Å². The molecule has 4 rings (SSSR count). The number of rotatable bonds is 5. The zero-order valence-corrected chi connectivity index (χ0v) is 18.7. The molecule has 5 nitrogen and oxygen atoms in total. The van der Waals surface area contributed by atoms with Crippen LogP contribution in [0.5, 0.6) is 0 Å². The van der Waals surface area contributed by atoms with Crippen LogP contribution in [0.25, 0.3) is 0 Å². The molecule has 6 heteroatoms. The first kappa shape index (κ1) is 21.1. The van der Waals surface area contributed by atoms with Crippen molar-refractivity contribution in [2.75, 3.05) is 25.0 Å². The molecule has 30 heavy (non-hydrogen) atoms. The summed E-state index contributed by atoms with van der Waals surface area (Å²) < 4.78 is 0.858. The smallest absolute Gasteiger partial charge is 0.255 e. The Kier molecular flexibility index (Phi) is 6.85. The largest absolute Gasteiger partial charge is 0.352 e. The summed E-state index contributed by atoms with van der Waals surface area (Å²) in [5, 5.41) is 6.01. The van der Waals surface area contributed by atoms with E-state index in [2.05, 4.69) is 31.5 Å². The molecule has 2 unspecified atom stereocenters. The minimum atomic E-state index is -0.178. The second-order valence-corrected chi connectivity index (χ2v) is 9.17. The number of benzene rings is 2. The van der Waals surface area contributed by atoms with Crippen molar-refractivity contribution in [3.63, 3.8) is 0 Å². The minimum absolute atomic E-state index is 0.0483. The van der Waals surface area contributed by atoms with Crippen molar-refractivity contribution in [1.82, 2.24) is 10.2 Å². The van der Waals surface area contributed by atoms with Gasteiger partial charge in [0.15, 0.2) is 0 Å². The van der Waals surface area contributed by atoms with Crippen LogP contribution in [0.4, 0.5) is 5.69 Å². The number of hydrogen-bond acceptors (Lipinski definition) is 3. The fraction of sp³-hybridized carbons (Fsp3) is 0.417. The Morgan fingerprint density at radius 3 is 2.53 bits per heavy atom. The average Bonchev–Trinajstić information content (AvgIpc) is 2.78. The van der Waals surface area contributed by atoms with E-state index in [1.165, 1.54) is 45.2 Å². The van der Waals surface area contributed by atoms with E-state index in [0.29, 0.717) is 28.8 Å². The highest BCUT2D eigenvalue weighted by atomic mass is 79.9. The third-order valence-corrected chi connectivity index (χ3v) is 6.74. The standard InChI is InChI=1S/C24H28BrN3O2/c25-20-7-3-5-18(15-20)24(30)27-21-11-9-17(10-12-21)23(29)26-16-19-6-4-14-28-13-2-1-8-22(19)28/h3,5,7,9-12,15,19,22H,1-2,4,6,8,13-14,16H2,(H,26,29)(H,27,30). The molecular formula is C24H28BrN3O2. The van der Waals surface area contributed by atoms with E-state index in [-0.39, 0.29) is 11.8 Å². The van der Waals surface area contributed by atoms with Crippen LogP contribution < -0.4 is 10.6 Å². The van der Waals surface area contributed by atoms with Crippen molar-refractivity contribution in [2.24, 2.45) is 5.92 Å². The van der Waals surface area contributed by atoms with Gasteiger partial charge in [0, 0.05) is 33.9 Å². The molecule has 2 fully saturated rings. The number of nitrogens with zero attached hydrogens (tertiary/aromatic N) is 1. The summed E-state index contributed by atoms with van der Waals surface area (Å²) in [6.45, 7) is 3.16. The number of amides is 2. The fourth-order valence-electron chi connectivity index (χ4n) is 4.68. The summed E-state index contributed by atoms with van der Waals surface area (Å²) in [6, 6.07) is 14.9. The lowest BCUT2D eigenvalue weighted by Crippen LogP contribution is -2.51. The Morgan fingerprint density at radius 1 is 0.933 bits per heavy atom. The van der Waals surface area contributed by atoms with Crippen molar-refractivity contribution in [1.29, 1.82) is 0 Å². The number of carbonyl (C=O) groups is 2. The summed E-state index contributed by atoms with van der Waals surface area (Å²) >= 11 is 3.38. The third kappa shape index (κ3) is 5.10. The monoisotopic (exact) mass is 469 g/mol. The van der Waals surface area contributed by atoms with E-state index in [9.17, 15) is 9.59 Å². The van der Waals surface area contributed by atoms with Gasteiger partial charge in [0.25, 0.3) is 11.8 Å². The lowest BCUT2D eigenvalue weighted by Gasteiger charge is -2.44. The number of anilines is 1. The molecule has 2 N–H and O–H groups in total. The van der Waals surface area contributed by atoms with Gasteiger partial charge in [-0.05, 0) is 87.2 Å². The van der Waals surface area contributed by atoms with Crippen molar-refractivity contribution in [3.8, 4) is 0 Å². The van der Waals surface area contributed by atoms with Gasteiger partial charge in [-0.25, -0.2) is 0 Å². The van der Waals surface area contributed by atoms with Crippen LogP contribution in [-0.4, -0.2) is 42.4 Å². The van der Waals surface area contributed by atoms with Crippen LogP contribution in [0, 0.1) is 5.92 Å². The molecular weight excluding hydrogens is 442 g/mol. The van der Waals surface area contributed by atoms with E-state index >= 15 is 0 Å². The number of hydrogen-bond donors (Lipinski definition) is 2. The lowest BCUT2D eigenvalue weighted by molar-refractivity contribution is 0.0575. The maximum Gasteiger partial charge on any atom is 0.255 e. The summed E-state index contributed by atoms with van der Waals surface area (Å²) in [4.78, 5) is 27.6. The Morgan fingerprint density at radius 2 is 1.73 bits per heavy atom. The second kappa shape index (κ2) is 9.75. The molecule has 0 aromatic heterocycles. The predicted octanol–water partition coefficient (Wildman–Crippen LogP) is 4.70. The molecule has 2 saturated heterocycles. The van der Waals surface area contributed by atoms with Gasteiger partial charge < -0.3 is 15.5 Å². The van der Waals surface area contributed by atoms with E-state index in [4.69, 9.17) is 0 Å². The van der Waals surface area contributed by atoms with E-state index in [1.54, 1.807) is 36.4 Å². The summed E-state index contributed by atoms with van der Waals surface area (Å²) in [5.74, 6) is 0.322. The molecule has 2 aromatic rings. The first-order chi connectivity index (χ1) is 14.6. The highest BCUT2D eigenvalue weighted by Crippen LogP contribution is 2.30. The first-order valence-electron chi connectivity index (χ1n) is 10.8. The van der Waals surface area contributed by atoms with E-state index in [1.807, 2.05) is 12.1 Å². The molecule has 0 spiro atoms. The maximum absolute atomic E-state index is 12.6. The van der Waals surface area contributed by atoms with Gasteiger partial charge in [-0.1, -0.05) is 28.4 Å². The van der Waals surface area contributed by atoms with Crippen molar-refractivity contribution in [3.05, 3.63) is 64.1 Å². The fourth-order valence-corrected chi connectivity index (χ4v) is 5.08. The Labute approximate surface area is 186 Å². The van der Waals surface area contributed by atoms with Crippen LogP contribution >= 0.6 is 15.9 Å². The quantitative estimate of drug-likeness (QED) is 0.667. The molecule has 2 aliphatic heterocycles. The third-order valence-electron chi connectivity index (χ3n) is 6.25. The minimum Gasteiger partial charge on any atom is -0.352 e. The van der Waals surface area contributed by atoms with Gasteiger partial charge in [-0.15, -0.1) is 0 Å². The normalized spacial score (nSPS) is 21.5. The van der Waals surface area contributed by atoms with E-state index in [0.717, 1.165) is 11.0 Å². The number of nitrogens with one attached hydrogen (secondary N) is 2. The zero-order valence-electron chi connectivity index (χ0n) is 17.1. The molecule has 2 amide bonds. The van der Waals surface area contributed by atoms with Gasteiger partial charge >= 0.3 is 0 Å². The molecule has 2 aromatic carbocycles. The van der Waals surface area contributed by atoms with Gasteiger partial charge in [-0.3, -0.25) is 9.59 Å². The molecule has 0 saturated carbocycles. The summed E-state index contributed by atoms with van der Waals surface area (Å²) in [5.41, 5.74) is 1.86. The van der Waals surface area contributed by atoms with Crippen LogP contribution in [0.1, 0.15) is 52.8 Å². The van der Waals surface area contributed by atoms with Crippen LogP contribution in [0.2, 0.25) is 0 Å². The molecule has 2 atom stereocenters. The van der Waals surface area contributed by atoms with Gasteiger partial charge in [-0.2, -0.15) is 0 Å². The number of carbonyl (C=O) groups excluding carboxylic acids is 2. The second-order valence-electron chi connectivity index (χ2n) is 8.25. The molecule has 2 heterocycles. The SMILES string of the molecule is O=C(NCC1CCCN2CCCCC12)c1ccc(NC(=O)c2cccc(Br)c2)cc1. The Bertz CT molecular complexity index is 898. The van der Waals surface area contributed by atoms with Gasteiger partial charge in [0.2, 0.25) is 0 Å². The average molecular weight is 470 g/mol. The summed E-state index contributed by atoms with van der Waals surface area (Å²) in [7, 11) is 0. The van der Waals surface area contributed by atoms with Crippen molar-refractivity contribution in [2.45, 2.75) is 38.1 Å². The Hall–Kier alpha value is -2.18. The highest BCUT2D eigenvalue weighted by Gasteiger charge is 2.32. The molecule has 2 aliphatic rings. The number of fused-ring (bicyclic) bond motifs is 1.